The second-order valence-corrected chi connectivity index (χ2v) is 9.43. The number of aryl methyl sites for hydroxylation is 1. The molecule has 6 nitrogen and oxygen atoms in total. The first-order chi connectivity index (χ1) is 14.1. The number of hydrogen-bond donors (Lipinski definition) is 3. The second kappa shape index (κ2) is 8.35. The molecule has 1 aliphatic rings. The molecule has 2 aromatic carbocycles. The minimum atomic E-state index is -4.03. The van der Waals surface area contributed by atoms with Crippen molar-refractivity contribution in [2.24, 2.45) is 0 Å². The van der Waals surface area contributed by atoms with Gasteiger partial charge in [0.05, 0.1) is 17.5 Å². The van der Waals surface area contributed by atoms with Gasteiger partial charge in [0, 0.05) is 12.7 Å². The maximum absolute atomic E-state index is 14.7. The van der Waals surface area contributed by atoms with E-state index in [1.54, 1.807) is 13.0 Å². The van der Waals surface area contributed by atoms with Crippen molar-refractivity contribution in [3.8, 4) is 5.75 Å². The SMILES string of the molecule is COc1cc(F)c(F)c(Nc2ccc(C)cc2F)c1NS(=O)(=O)C1(CCCO)CC1. The molecule has 3 N–H and O–H groups in total. The summed E-state index contributed by atoms with van der Waals surface area (Å²) in [5, 5.41) is 11.5. The van der Waals surface area contributed by atoms with Crippen molar-refractivity contribution in [2.75, 3.05) is 23.8 Å². The molecular weight excluding hydrogens is 421 g/mol. The van der Waals surface area contributed by atoms with E-state index in [1.807, 2.05) is 0 Å². The fourth-order valence-electron chi connectivity index (χ4n) is 3.28. The summed E-state index contributed by atoms with van der Waals surface area (Å²) in [6.45, 7) is 1.50. The van der Waals surface area contributed by atoms with Crippen LogP contribution in [-0.2, 0) is 10.0 Å². The van der Waals surface area contributed by atoms with Crippen LogP contribution in [0, 0.1) is 24.4 Å². The number of halogens is 3. The van der Waals surface area contributed by atoms with Crippen molar-refractivity contribution in [1.29, 1.82) is 0 Å². The van der Waals surface area contributed by atoms with Crippen molar-refractivity contribution in [1.82, 2.24) is 0 Å². The Morgan fingerprint density at radius 2 is 1.83 bits per heavy atom. The molecule has 0 aliphatic heterocycles. The van der Waals surface area contributed by atoms with Crippen molar-refractivity contribution in [3.63, 3.8) is 0 Å². The Morgan fingerprint density at radius 1 is 1.13 bits per heavy atom. The number of ether oxygens (including phenoxy) is 1. The third-order valence-electron chi connectivity index (χ3n) is 5.19. The fraction of sp³-hybridized carbons (Fsp3) is 0.400. The van der Waals surface area contributed by atoms with Crippen LogP contribution in [0.1, 0.15) is 31.2 Å². The topological polar surface area (TPSA) is 87.7 Å². The van der Waals surface area contributed by atoms with Gasteiger partial charge in [-0.15, -0.1) is 0 Å². The van der Waals surface area contributed by atoms with E-state index in [1.165, 1.54) is 19.2 Å². The molecule has 30 heavy (non-hydrogen) atoms. The Bertz CT molecular complexity index is 1060. The van der Waals surface area contributed by atoms with E-state index >= 15 is 0 Å². The molecule has 0 unspecified atom stereocenters. The van der Waals surface area contributed by atoms with Crippen molar-refractivity contribution in [3.05, 3.63) is 47.3 Å². The average molecular weight is 444 g/mol. The minimum Gasteiger partial charge on any atom is -0.494 e. The predicted octanol–water partition coefficient (Wildman–Crippen LogP) is 4.21. The van der Waals surface area contributed by atoms with Crippen molar-refractivity contribution < 1.29 is 31.4 Å². The zero-order valence-corrected chi connectivity index (χ0v) is 17.4. The summed E-state index contributed by atoms with van der Waals surface area (Å²) in [7, 11) is -2.85. The molecular formula is C20H23F3N2O4S. The smallest absolute Gasteiger partial charge is 0.238 e. The molecule has 0 aromatic heterocycles. The molecule has 2 aromatic rings. The van der Waals surface area contributed by atoms with Gasteiger partial charge in [0.2, 0.25) is 10.0 Å². The van der Waals surface area contributed by atoms with Crippen LogP contribution in [-0.4, -0.2) is 32.0 Å². The molecule has 0 bridgehead atoms. The number of hydrogen-bond acceptors (Lipinski definition) is 5. The van der Waals surface area contributed by atoms with Crippen LogP contribution in [0.4, 0.5) is 30.2 Å². The number of nitrogens with one attached hydrogen (secondary N) is 2. The molecule has 0 atom stereocenters. The van der Waals surface area contributed by atoms with Gasteiger partial charge >= 0.3 is 0 Å². The lowest BCUT2D eigenvalue weighted by atomic mass is 10.2. The standard InChI is InChI=1S/C20H23F3N2O4S/c1-12-4-5-15(13(21)10-12)24-19-17(23)14(22)11-16(29-2)18(19)25-30(27,28)20(7-8-20)6-3-9-26/h4-5,10-11,24-26H,3,6-9H2,1-2H3. The van der Waals surface area contributed by atoms with Crippen LogP contribution in [0.25, 0.3) is 0 Å². The third-order valence-corrected chi connectivity index (χ3v) is 7.42. The van der Waals surface area contributed by atoms with Crippen LogP contribution in [0.2, 0.25) is 0 Å². The average Bonchev–Trinajstić information content (AvgIpc) is 3.49. The summed E-state index contributed by atoms with van der Waals surface area (Å²) < 4.78 is 75.4. The van der Waals surface area contributed by atoms with Gasteiger partial charge in [0.25, 0.3) is 0 Å². The van der Waals surface area contributed by atoms with Crippen LogP contribution in [0.3, 0.4) is 0 Å². The Kier molecular flexibility index (Phi) is 6.19. The normalized spacial score (nSPS) is 15.0. The first-order valence-corrected chi connectivity index (χ1v) is 10.8. The lowest BCUT2D eigenvalue weighted by molar-refractivity contribution is 0.282. The van der Waals surface area contributed by atoms with Gasteiger partial charge in [-0.3, -0.25) is 4.72 Å². The summed E-state index contributed by atoms with van der Waals surface area (Å²) >= 11 is 0. The summed E-state index contributed by atoms with van der Waals surface area (Å²) in [4.78, 5) is 0. The van der Waals surface area contributed by atoms with Gasteiger partial charge in [-0.2, -0.15) is 0 Å². The molecule has 1 saturated carbocycles. The Labute approximate surface area is 173 Å². The Balaban J connectivity index is 2.06. The predicted molar refractivity (Wildman–Crippen MR) is 108 cm³/mol. The molecule has 0 heterocycles. The Morgan fingerprint density at radius 3 is 2.40 bits per heavy atom. The summed E-state index contributed by atoms with van der Waals surface area (Å²) in [5.41, 5.74) is -0.479. The number of benzene rings is 2. The van der Waals surface area contributed by atoms with E-state index in [9.17, 15) is 21.6 Å². The molecule has 164 valence electrons. The summed E-state index contributed by atoms with van der Waals surface area (Å²) in [6.07, 6.45) is 1.27. The van der Waals surface area contributed by atoms with Crippen LogP contribution >= 0.6 is 0 Å². The molecule has 0 saturated heterocycles. The van der Waals surface area contributed by atoms with Gasteiger partial charge in [-0.05, 0) is 50.3 Å². The lowest BCUT2D eigenvalue weighted by Crippen LogP contribution is -2.30. The molecule has 1 aliphatic carbocycles. The van der Waals surface area contributed by atoms with Gasteiger partial charge in [0.15, 0.2) is 11.6 Å². The molecule has 0 amide bonds. The van der Waals surface area contributed by atoms with E-state index in [-0.39, 0.29) is 36.6 Å². The van der Waals surface area contributed by atoms with Gasteiger partial charge in [-0.1, -0.05) is 6.07 Å². The number of anilines is 3. The Hall–Kier alpha value is -2.46. The largest absolute Gasteiger partial charge is 0.494 e. The highest BCUT2D eigenvalue weighted by molar-refractivity contribution is 7.94. The highest BCUT2D eigenvalue weighted by Gasteiger charge is 2.54. The zero-order valence-electron chi connectivity index (χ0n) is 16.6. The first kappa shape index (κ1) is 22.2. The third kappa shape index (κ3) is 4.20. The second-order valence-electron chi connectivity index (χ2n) is 7.35. The number of sulfonamides is 1. The van der Waals surface area contributed by atoms with E-state index < -0.39 is 37.9 Å². The quantitative estimate of drug-likeness (QED) is 0.539. The fourth-order valence-corrected chi connectivity index (χ4v) is 5.02. The van der Waals surface area contributed by atoms with E-state index in [2.05, 4.69) is 10.0 Å². The van der Waals surface area contributed by atoms with Gasteiger partial charge in [-0.25, -0.2) is 21.6 Å². The first-order valence-electron chi connectivity index (χ1n) is 9.36. The summed E-state index contributed by atoms with van der Waals surface area (Å²) in [5.74, 6) is -3.64. The van der Waals surface area contributed by atoms with Crippen molar-refractivity contribution >= 4 is 27.1 Å². The molecule has 1 fully saturated rings. The minimum absolute atomic E-state index is 0.158. The van der Waals surface area contributed by atoms with Gasteiger partial charge in [0.1, 0.15) is 22.9 Å². The van der Waals surface area contributed by atoms with Crippen LogP contribution < -0.4 is 14.8 Å². The van der Waals surface area contributed by atoms with Gasteiger partial charge < -0.3 is 15.2 Å². The molecule has 0 radical (unpaired) electrons. The maximum Gasteiger partial charge on any atom is 0.238 e. The summed E-state index contributed by atoms with van der Waals surface area (Å²) in [6, 6.07) is 4.83. The molecule has 0 spiro atoms. The highest BCUT2D eigenvalue weighted by atomic mass is 32.2. The van der Waals surface area contributed by atoms with Crippen LogP contribution in [0.5, 0.6) is 5.75 Å². The maximum atomic E-state index is 14.7. The zero-order chi connectivity index (χ0) is 22.1. The highest BCUT2D eigenvalue weighted by Crippen LogP contribution is 2.49. The lowest BCUT2D eigenvalue weighted by Gasteiger charge is -2.22. The number of methoxy groups -OCH3 is 1. The molecule has 10 heteroatoms. The van der Waals surface area contributed by atoms with Crippen molar-refractivity contribution in [2.45, 2.75) is 37.4 Å². The number of aliphatic hydroxyl groups is 1. The van der Waals surface area contributed by atoms with E-state index in [0.29, 0.717) is 18.4 Å². The van der Waals surface area contributed by atoms with E-state index in [0.717, 1.165) is 6.07 Å². The van der Waals surface area contributed by atoms with E-state index in [4.69, 9.17) is 9.84 Å². The molecule has 3 rings (SSSR count). The van der Waals surface area contributed by atoms with Crippen LogP contribution in [0.15, 0.2) is 24.3 Å². The number of aliphatic hydroxyl groups excluding tert-OH is 1. The monoisotopic (exact) mass is 444 g/mol. The number of rotatable bonds is 9.